The maximum absolute atomic E-state index is 14.0. The molecule has 0 saturated heterocycles. The van der Waals surface area contributed by atoms with Gasteiger partial charge in [-0.3, -0.25) is 13.9 Å². The number of hydrogen-bond acceptors (Lipinski definition) is 3. The summed E-state index contributed by atoms with van der Waals surface area (Å²) in [6, 6.07) is 7.93. The van der Waals surface area contributed by atoms with Crippen molar-refractivity contribution in [2.24, 2.45) is 5.92 Å². The van der Waals surface area contributed by atoms with Gasteiger partial charge in [0.2, 0.25) is 5.88 Å². The minimum absolute atomic E-state index is 0.0550. The number of rotatable bonds is 8. The Kier molecular flexibility index (Phi) is 8.08. The first kappa shape index (κ1) is 27.2. The lowest BCUT2D eigenvalue weighted by atomic mass is 10.0. The second-order valence-corrected chi connectivity index (χ2v) is 8.99. The van der Waals surface area contributed by atoms with Crippen LogP contribution in [0.1, 0.15) is 23.6 Å². The van der Waals surface area contributed by atoms with E-state index in [9.17, 15) is 36.6 Å². The predicted octanol–water partition coefficient (Wildman–Crippen LogP) is 5.34. The molecule has 1 N–H and O–H groups in total. The fourth-order valence-electron chi connectivity index (χ4n) is 3.85. The topological polar surface area (TPSA) is 64.2 Å². The average molecular weight is 529 g/mol. The Morgan fingerprint density at radius 3 is 2.47 bits per heavy atom. The second kappa shape index (κ2) is 10.7. The number of hydrogen-bond donors (Lipinski definition) is 1. The van der Waals surface area contributed by atoms with Gasteiger partial charge in [0, 0.05) is 6.54 Å². The molecule has 0 spiro atoms. The molecule has 0 aliphatic carbocycles. The summed E-state index contributed by atoms with van der Waals surface area (Å²) < 4.78 is 68.6. The first-order chi connectivity index (χ1) is 16.8. The summed E-state index contributed by atoms with van der Waals surface area (Å²) >= 11 is 5.63. The smallest absolute Gasteiger partial charge is 0.417 e. The SMILES string of the molecule is C=C(Cc1ccc(Cl)c(C(F)(F)F)c1)Cn1c(=O)cc(O)n(CC(C)Cc2cccc(F)c2F)c1=O. The van der Waals surface area contributed by atoms with Crippen LogP contribution in [0.4, 0.5) is 22.0 Å². The molecule has 0 aliphatic heterocycles. The molecule has 36 heavy (non-hydrogen) atoms. The van der Waals surface area contributed by atoms with Gasteiger partial charge in [-0.1, -0.05) is 48.9 Å². The van der Waals surface area contributed by atoms with Crippen LogP contribution in [0, 0.1) is 17.6 Å². The number of benzene rings is 2. The maximum atomic E-state index is 14.0. The van der Waals surface area contributed by atoms with Crippen LogP contribution in [0.3, 0.4) is 0 Å². The van der Waals surface area contributed by atoms with E-state index in [1.807, 2.05) is 0 Å². The van der Waals surface area contributed by atoms with Crippen LogP contribution in [0.2, 0.25) is 5.02 Å². The van der Waals surface area contributed by atoms with Crippen molar-refractivity contribution >= 4 is 11.6 Å². The van der Waals surface area contributed by atoms with Gasteiger partial charge < -0.3 is 5.11 Å². The van der Waals surface area contributed by atoms with Gasteiger partial charge in [-0.15, -0.1) is 0 Å². The van der Waals surface area contributed by atoms with Crippen molar-refractivity contribution in [3.8, 4) is 5.88 Å². The summed E-state index contributed by atoms with van der Waals surface area (Å²) in [6.07, 6.45) is -4.66. The molecule has 5 nitrogen and oxygen atoms in total. The van der Waals surface area contributed by atoms with E-state index in [4.69, 9.17) is 11.6 Å². The van der Waals surface area contributed by atoms with Gasteiger partial charge in [0.15, 0.2) is 11.6 Å². The summed E-state index contributed by atoms with van der Waals surface area (Å²) in [6.45, 7) is 5.00. The van der Waals surface area contributed by atoms with Gasteiger partial charge in [-0.2, -0.15) is 13.2 Å². The first-order valence-corrected chi connectivity index (χ1v) is 11.1. The van der Waals surface area contributed by atoms with E-state index >= 15 is 0 Å². The van der Waals surface area contributed by atoms with E-state index in [0.29, 0.717) is 0 Å². The molecule has 3 aromatic rings. The molecule has 0 bridgehead atoms. The van der Waals surface area contributed by atoms with E-state index in [2.05, 4.69) is 6.58 Å². The standard InChI is InChI=1S/C25H22ClF5N2O3/c1-14(8-16-6-7-19(26)18(10-16)25(29,30)31)12-32-21(34)11-22(35)33(24(32)36)13-15(2)9-17-4-3-5-20(27)23(17)28/h3-7,10-11,15,35H,1,8-9,12-13H2,2H3. The molecule has 0 aliphatic rings. The third-order valence-electron chi connectivity index (χ3n) is 5.52. The lowest BCUT2D eigenvalue weighted by Gasteiger charge is -2.17. The third kappa shape index (κ3) is 6.23. The predicted molar refractivity (Wildman–Crippen MR) is 125 cm³/mol. The lowest BCUT2D eigenvalue weighted by Crippen LogP contribution is -2.40. The monoisotopic (exact) mass is 528 g/mol. The minimum Gasteiger partial charge on any atom is -0.494 e. The Balaban J connectivity index is 1.81. The lowest BCUT2D eigenvalue weighted by molar-refractivity contribution is -0.137. The van der Waals surface area contributed by atoms with Crippen molar-refractivity contribution in [2.45, 2.75) is 39.0 Å². The normalized spacial score (nSPS) is 12.5. The highest BCUT2D eigenvalue weighted by molar-refractivity contribution is 6.31. The number of allylic oxidation sites excluding steroid dienone is 1. The Bertz CT molecular complexity index is 1410. The molecule has 192 valence electrons. The van der Waals surface area contributed by atoms with Crippen LogP contribution in [-0.4, -0.2) is 14.2 Å². The Morgan fingerprint density at radius 2 is 1.81 bits per heavy atom. The quantitative estimate of drug-likeness (QED) is 0.317. The first-order valence-electron chi connectivity index (χ1n) is 10.8. The summed E-state index contributed by atoms with van der Waals surface area (Å²) in [4.78, 5) is 25.3. The highest BCUT2D eigenvalue weighted by atomic mass is 35.5. The molecule has 0 amide bonds. The fourth-order valence-corrected chi connectivity index (χ4v) is 4.07. The van der Waals surface area contributed by atoms with E-state index in [0.717, 1.165) is 33.4 Å². The number of nitrogens with zero attached hydrogens (tertiary/aromatic N) is 2. The largest absolute Gasteiger partial charge is 0.494 e. The maximum Gasteiger partial charge on any atom is 0.417 e. The van der Waals surface area contributed by atoms with Crippen molar-refractivity contribution in [1.29, 1.82) is 0 Å². The molecular weight excluding hydrogens is 507 g/mol. The van der Waals surface area contributed by atoms with Crippen molar-refractivity contribution in [3.63, 3.8) is 0 Å². The van der Waals surface area contributed by atoms with Gasteiger partial charge in [0.1, 0.15) is 0 Å². The Labute approximate surface area is 207 Å². The molecule has 0 fully saturated rings. The van der Waals surface area contributed by atoms with Crippen LogP contribution in [0.5, 0.6) is 5.88 Å². The zero-order chi connectivity index (χ0) is 26.8. The van der Waals surface area contributed by atoms with Crippen molar-refractivity contribution in [1.82, 2.24) is 9.13 Å². The van der Waals surface area contributed by atoms with Gasteiger partial charge in [0.25, 0.3) is 5.56 Å². The van der Waals surface area contributed by atoms with Crippen LogP contribution in [0.15, 0.2) is 64.2 Å². The molecule has 1 aromatic heterocycles. The highest BCUT2D eigenvalue weighted by Gasteiger charge is 2.33. The Hall–Kier alpha value is -3.40. The average Bonchev–Trinajstić information content (AvgIpc) is 2.78. The van der Waals surface area contributed by atoms with E-state index in [-0.39, 0.29) is 42.6 Å². The zero-order valence-corrected chi connectivity index (χ0v) is 19.8. The third-order valence-corrected chi connectivity index (χ3v) is 5.85. The van der Waals surface area contributed by atoms with Crippen LogP contribution in [-0.2, 0) is 32.1 Å². The van der Waals surface area contributed by atoms with Crippen molar-refractivity contribution in [2.75, 3.05) is 0 Å². The molecule has 1 heterocycles. The van der Waals surface area contributed by atoms with Gasteiger partial charge in [-0.25, -0.2) is 13.6 Å². The summed E-state index contributed by atoms with van der Waals surface area (Å²) in [5.41, 5.74) is -2.13. The van der Waals surface area contributed by atoms with Crippen LogP contribution in [0.25, 0.3) is 0 Å². The fraction of sp³-hybridized carbons (Fsp3) is 0.280. The summed E-state index contributed by atoms with van der Waals surface area (Å²) in [7, 11) is 0. The Morgan fingerprint density at radius 1 is 1.11 bits per heavy atom. The van der Waals surface area contributed by atoms with Crippen LogP contribution < -0.4 is 11.2 Å². The number of aromatic hydroxyl groups is 1. The molecule has 2 aromatic carbocycles. The van der Waals surface area contributed by atoms with E-state index in [1.165, 1.54) is 18.2 Å². The van der Waals surface area contributed by atoms with Gasteiger partial charge >= 0.3 is 11.9 Å². The molecule has 0 radical (unpaired) electrons. The van der Waals surface area contributed by atoms with E-state index in [1.54, 1.807) is 6.92 Å². The summed E-state index contributed by atoms with van der Waals surface area (Å²) in [5, 5.41) is 9.73. The molecule has 3 rings (SSSR count). The second-order valence-electron chi connectivity index (χ2n) is 8.58. The minimum atomic E-state index is -4.65. The highest BCUT2D eigenvalue weighted by Crippen LogP contribution is 2.35. The molecular formula is C25H22ClF5N2O3. The van der Waals surface area contributed by atoms with E-state index < -0.39 is 51.4 Å². The molecule has 1 atom stereocenters. The van der Waals surface area contributed by atoms with Crippen LogP contribution >= 0.6 is 11.6 Å². The van der Waals surface area contributed by atoms with Gasteiger partial charge in [-0.05, 0) is 48.1 Å². The van der Waals surface area contributed by atoms with Crippen molar-refractivity contribution < 1.29 is 27.1 Å². The van der Waals surface area contributed by atoms with Crippen molar-refractivity contribution in [3.05, 3.63) is 109 Å². The number of aromatic nitrogens is 2. The molecule has 11 heteroatoms. The molecule has 0 saturated carbocycles. The summed E-state index contributed by atoms with van der Waals surface area (Å²) in [5.74, 6) is -3.05. The van der Waals surface area contributed by atoms with Gasteiger partial charge in [0.05, 0.1) is 23.2 Å². The zero-order valence-electron chi connectivity index (χ0n) is 19.1. The molecule has 1 unspecified atom stereocenters. The number of alkyl halides is 3. The number of halogens is 6.